The maximum absolute atomic E-state index is 5.60. The van der Waals surface area contributed by atoms with Gasteiger partial charge in [-0.1, -0.05) is 13.0 Å². The lowest BCUT2D eigenvalue weighted by Crippen LogP contribution is -2.13. The van der Waals surface area contributed by atoms with E-state index in [2.05, 4.69) is 23.1 Å². The predicted octanol–water partition coefficient (Wildman–Crippen LogP) is 1.13. The van der Waals surface area contributed by atoms with Crippen molar-refractivity contribution in [3.8, 4) is 0 Å². The number of aromatic nitrogens is 1. The first-order valence-corrected chi connectivity index (χ1v) is 4.85. The van der Waals surface area contributed by atoms with Crippen LogP contribution in [0.2, 0.25) is 0 Å². The van der Waals surface area contributed by atoms with Gasteiger partial charge in [-0.3, -0.25) is 0 Å². The van der Waals surface area contributed by atoms with Crippen LogP contribution in [0.5, 0.6) is 0 Å². The third-order valence-corrected chi connectivity index (χ3v) is 2.31. The molecule has 0 amide bonds. The van der Waals surface area contributed by atoms with E-state index in [1.54, 1.807) is 0 Å². The van der Waals surface area contributed by atoms with Gasteiger partial charge in [0, 0.05) is 12.6 Å². The minimum absolute atomic E-state index is 0.686. The van der Waals surface area contributed by atoms with E-state index in [4.69, 9.17) is 5.73 Å². The lowest BCUT2D eigenvalue weighted by Gasteiger charge is -2.11. The van der Waals surface area contributed by atoms with E-state index in [1.807, 2.05) is 17.3 Å². The van der Waals surface area contributed by atoms with E-state index in [0.717, 1.165) is 25.2 Å². The number of hydrazone groups is 1. The van der Waals surface area contributed by atoms with E-state index in [1.165, 1.54) is 5.56 Å². The summed E-state index contributed by atoms with van der Waals surface area (Å²) >= 11 is 0. The molecule has 0 saturated heterocycles. The first-order valence-electron chi connectivity index (χ1n) is 4.85. The number of anilines is 1. The van der Waals surface area contributed by atoms with Crippen LogP contribution in [0.15, 0.2) is 23.4 Å². The van der Waals surface area contributed by atoms with Crippen LogP contribution < -0.4 is 10.7 Å². The molecule has 0 unspecified atom stereocenters. The van der Waals surface area contributed by atoms with Crippen LogP contribution in [0.3, 0.4) is 0 Å². The van der Waals surface area contributed by atoms with Crippen molar-refractivity contribution in [2.75, 3.05) is 11.6 Å². The fraction of sp³-hybridized carbons (Fsp3) is 0.400. The highest BCUT2D eigenvalue weighted by Gasteiger charge is 2.13. The zero-order valence-corrected chi connectivity index (χ0v) is 8.27. The average Bonchev–Trinajstić information content (AvgIpc) is 2.65. The summed E-state index contributed by atoms with van der Waals surface area (Å²) in [6, 6.07) is 4.06. The molecule has 0 fully saturated rings. The predicted molar refractivity (Wildman–Crippen MR) is 57.2 cm³/mol. The molecule has 1 aliphatic heterocycles. The zero-order valence-electron chi connectivity index (χ0n) is 8.27. The first kappa shape index (κ1) is 8.99. The van der Waals surface area contributed by atoms with Gasteiger partial charge in [-0.2, -0.15) is 5.10 Å². The highest BCUT2D eigenvalue weighted by atomic mass is 15.5. The Balaban J connectivity index is 2.17. The largest absolute Gasteiger partial charge is 0.386 e. The molecule has 4 nitrogen and oxygen atoms in total. The third kappa shape index (κ3) is 1.69. The molecule has 2 rings (SSSR count). The van der Waals surface area contributed by atoms with Gasteiger partial charge >= 0.3 is 0 Å². The van der Waals surface area contributed by atoms with Crippen LogP contribution >= 0.6 is 0 Å². The molecule has 4 heteroatoms. The Bertz CT molecular complexity index is 342. The van der Waals surface area contributed by atoms with Gasteiger partial charge < -0.3 is 5.73 Å². The number of pyridine rings is 1. The first-order chi connectivity index (χ1) is 6.79. The molecule has 1 aliphatic rings. The summed E-state index contributed by atoms with van der Waals surface area (Å²) in [4.78, 5) is 4.33. The molecule has 0 bridgehead atoms. The molecule has 0 radical (unpaired) electrons. The summed E-state index contributed by atoms with van der Waals surface area (Å²) in [6.45, 7) is 2.95. The fourth-order valence-electron chi connectivity index (χ4n) is 1.42. The summed E-state index contributed by atoms with van der Waals surface area (Å²) in [5.74, 6) is 1.56. The summed E-state index contributed by atoms with van der Waals surface area (Å²) in [7, 11) is 0. The molecule has 1 aromatic heterocycles. The minimum Gasteiger partial charge on any atom is -0.386 e. The standard InChI is InChI=1S/C10H14N4/c1-2-8-3-4-10(12-7-8)14-6-5-9(11)13-14/h3-4,7H,2,5-6H2,1H3,(H2,11,13). The second-order valence-corrected chi connectivity index (χ2v) is 3.34. The van der Waals surface area contributed by atoms with E-state index >= 15 is 0 Å². The Morgan fingerprint density at radius 1 is 1.50 bits per heavy atom. The van der Waals surface area contributed by atoms with Crippen LogP contribution in [0.25, 0.3) is 0 Å². The van der Waals surface area contributed by atoms with Crippen LogP contribution in [-0.4, -0.2) is 17.4 Å². The minimum atomic E-state index is 0.686. The summed E-state index contributed by atoms with van der Waals surface area (Å²) in [5.41, 5.74) is 6.84. The highest BCUT2D eigenvalue weighted by Crippen LogP contribution is 2.15. The second-order valence-electron chi connectivity index (χ2n) is 3.34. The molecular formula is C10H14N4. The molecule has 0 aliphatic carbocycles. The van der Waals surface area contributed by atoms with Crippen LogP contribution in [-0.2, 0) is 6.42 Å². The number of hydrogen-bond acceptors (Lipinski definition) is 4. The van der Waals surface area contributed by atoms with E-state index < -0.39 is 0 Å². The molecule has 1 aromatic rings. The Hall–Kier alpha value is -1.58. The van der Waals surface area contributed by atoms with Crippen LogP contribution in [0, 0.1) is 0 Å². The van der Waals surface area contributed by atoms with Gasteiger partial charge in [-0.05, 0) is 18.1 Å². The molecule has 0 saturated carbocycles. The number of nitrogens with zero attached hydrogens (tertiary/aromatic N) is 3. The summed E-state index contributed by atoms with van der Waals surface area (Å²) in [5, 5.41) is 6.02. The van der Waals surface area contributed by atoms with Gasteiger partial charge in [0.2, 0.25) is 0 Å². The van der Waals surface area contributed by atoms with Gasteiger partial charge in [-0.15, -0.1) is 0 Å². The normalized spacial score (nSPS) is 15.8. The summed E-state index contributed by atoms with van der Waals surface area (Å²) < 4.78 is 0. The number of hydrogen-bond donors (Lipinski definition) is 1. The van der Waals surface area contributed by atoms with E-state index in [9.17, 15) is 0 Å². The van der Waals surface area contributed by atoms with Crippen molar-refractivity contribution in [1.29, 1.82) is 0 Å². The van der Waals surface area contributed by atoms with Gasteiger partial charge in [0.1, 0.15) is 11.7 Å². The summed E-state index contributed by atoms with van der Waals surface area (Å²) in [6.07, 6.45) is 3.73. The van der Waals surface area contributed by atoms with Crippen molar-refractivity contribution < 1.29 is 0 Å². The number of aryl methyl sites for hydroxylation is 1. The average molecular weight is 190 g/mol. The lowest BCUT2D eigenvalue weighted by molar-refractivity contribution is 0.892. The topological polar surface area (TPSA) is 54.5 Å². The Labute approximate surface area is 83.4 Å². The Morgan fingerprint density at radius 3 is 2.86 bits per heavy atom. The molecule has 14 heavy (non-hydrogen) atoms. The SMILES string of the molecule is CCc1ccc(N2CCC(N)=N2)nc1. The number of rotatable bonds is 2. The van der Waals surface area contributed by atoms with Gasteiger partial charge in [-0.25, -0.2) is 9.99 Å². The second kappa shape index (κ2) is 3.65. The van der Waals surface area contributed by atoms with Gasteiger partial charge in [0.15, 0.2) is 0 Å². The van der Waals surface area contributed by atoms with Gasteiger partial charge in [0.05, 0.1) is 6.54 Å². The third-order valence-electron chi connectivity index (χ3n) is 2.31. The lowest BCUT2D eigenvalue weighted by atomic mass is 10.2. The molecular weight excluding hydrogens is 176 g/mol. The maximum atomic E-state index is 5.60. The molecule has 0 atom stereocenters. The molecule has 74 valence electrons. The molecule has 2 heterocycles. The fourth-order valence-corrected chi connectivity index (χ4v) is 1.42. The van der Waals surface area contributed by atoms with Crippen molar-refractivity contribution >= 4 is 11.7 Å². The zero-order chi connectivity index (χ0) is 9.97. The van der Waals surface area contributed by atoms with Crippen LogP contribution in [0.1, 0.15) is 18.9 Å². The Kier molecular flexibility index (Phi) is 2.35. The van der Waals surface area contributed by atoms with E-state index in [-0.39, 0.29) is 0 Å². The Morgan fingerprint density at radius 2 is 2.36 bits per heavy atom. The van der Waals surface area contributed by atoms with Crippen molar-refractivity contribution in [2.24, 2.45) is 10.8 Å². The van der Waals surface area contributed by atoms with Crippen LogP contribution in [0.4, 0.5) is 5.82 Å². The van der Waals surface area contributed by atoms with Crippen molar-refractivity contribution in [2.45, 2.75) is 19.8 Å². The number of amidine groups is 1. The quantitative estimate of drug-likeness (QED) is 0.760. The molecule has 2 N–H and O–H groups in total. The number of nitrogens with two attached hydrogens (primary N) is 1. The molecule has 0 aromatic carbocycles. The molecule has 0 spiro atoms. The van der Waals surface area contributed by atoms with Crippen molar-refractivity contribution in [1.82, 2.24) is 4.98 Å². The van der Waals surface area contributed by atoms with Crippen molar-refractivity contribution in [3.63, 3.8) is 0 Å². The maximum Gasteiger partial charge on any atom is 0.148 e. The highest BCUT2D eigenvalue weighted by molar-refractivity contribution is 5.83. The van der Waals surface area contributed by atoms with E-state index in [0.29, 0.717) is 5.84 Å². The van der Waals surface area contributed by atoms with Crippen molar-refractivity contribution in [3.05, 3.63) is 23.9 Å². The monoisotopic (exact) mass is 190 g/mol. The van der Waals surface area contributed by atoms with Gasteiger partial charge in [0.25, 0.3) is 0 Å². The smallest absolute Gasteiger partial charge is 0.148 e.